The molecule has 0 aliphatic carbocycles. The summed E-state index contributed by atoms with van der Waals surface area (Å²) in [5.74, 6) is -0.700. The Kier molecular flexibility index (Phi) is 4.97. The Morgan fingerprint density at radius 2 is 1.89 bits per heavy atom. The Balaban J connectivity index is 2.11. The van der Waals surface area contributed by atoms with E-state index in [9.17, 15) is 4.79 Å². The molecule has 104 valence electrons. The SMILES string of the molecule is CCc1ccc(C(CCC(=O)O)N2CCCC2)cc1. The van der Waals surface area contributed by atoms with Gasteiger partial charge in [0.15, 0.2) is 0 Å². The molecular formula is C16H23NO2. The first-order chi connectivity index (χ1) is 9.20. The van der Waals surface area contributed by atoms with Crippen LogP contribution in [0.5, 0.6) is 0 Å². The lowest BCUT2D eigenvalue weighted by atomic mass is 9.98. The maximum Gasteiger partial charge on any atom is 0.303 e. The first-order valence-corrected chi connectivity index (χ1v) is 7.25. The molecule has 0 aromatic heterocycles. The number of likely N-dealkylation sites (tertiary alicyclic amines) is 1. The third-order valence-corrected chi connectivity index (χ3v) is 3.99. The van der Waals surface area contributed by atoms with Gasteiger partial charge in [-0.3, -0.25) is 9.69 Å². The molecule has 2 rings (SSSR count). The summed E-state index contributed by atoms with van der Waals surface area (Å²) in [5.41, 5.74) is 2.60. The van der Waals surface area contributed by atoms with E-state index in [0.717, 1.165) is 19.5 Å². The number of nitrogens with zero attached hydrogens (tertiary/aromatic N) is 1. The van der Waals surface area contributed by atoms with Gasteiger partial charge in [-0.25, -0.2) is 0 Å². The molecule has 0 saturated carbocycles. The van der Waals surface area contributed by atoms with Crippen molar-refractivity contribution in [1.29, 1.82) is 0 Å². The molecule has 1 aliphatic heterocycles. The third kappa shape index (κ3) is 3.80. The average Bonchev–Trinajstić information content (AvgIpc) is 2.93. The van der Waals surface area contributed by atoms with Crippen molar-refractivity contribution >= 4 is 5.97 Å². The van der Waals surface area contributed by atoms with Gasteiger partial charge in [-0.2, -0.15) is 0 Å². The molecule has 1 N–H and O–H groups in total. The second kappa shape index (κ2) is 6.71. The Morgan fingerprint density at radius 1 is 1.26 bits per heavy atom. The second-order valence-electron chi connectivity index (χ2n) is 5.29. The molecule has 1 atom stereocenters. The van der Waals surface area contributed by atoms with Gasteiger partial charge >= 0.3 is 5.97 Å². The largest absolute Gasteiger partial charge is 0.481 e. The highest BCUT2D eigenvalue weighted by Crippen LogP contribution is 2.29. The number of aliphatic carboxylic acids is 1. The Labute approximate surface area is 115 Å². The van der Waals surface area contributed by atoms with Crippen LogP contribution in [0.25, 0.3) is 0 Å². The van der Waals surface area contributed by atoms with Crippen LogP contribution in [0.2, 0.25) is 0 Å². The lowest BCUT2D eigenvalue weighted by Gasteiger charge is -2.27. The van der Waals surface area contributed by atoms with E-state index in [1.807, 2.05) is 0 Å². The van der Waals surface area contributed by atoms with Crippen LogP contribution < -0.4 is 0 Å². The third-order valence-electron chi connectivity index (χ3n) is 3.99. The highest BCUT2D eigenvalue weighted by Gasteiger charge is 2.23. The van der Waals surface area contributed by atoms with E-state index in [1.54, 1.807) is 0 Å². The second-order valence-corrected chi connectivity index (χ2v) is 5.29. The number of carboxylic acid groups (broad SMARTS) is 1. The molecule has 0 radical (unpaired) electrons. The van der Waals surface area contributed by atoms with Gasteiger partial charge in [0.05, 0.1) is 0 Å². The summed E-state index contributed by atoms with van der Waals surface area (Å²) in [6.07, 6.45) is 4.47. The van der Waals surface area contributed by atoms with E-state index in [4.69, 9.17) is 5.11 Å². The Bertz CT molecular complexity index is 407. The van der Waals surface area contributed by atoms with Gasteiger partial charge in [0, 0.05) is 12.5 Å². The molecule has 3 nitrogen and oxygen atoms in total. The van der Waals surface area contributed by atoms with Crippen molar-refractivity contribution in [2.75, 3.05) is 13.1 Å². The number of aryl methyl sites for hydroxylation is 1. The summed E-state index contributed by atoms with van der Waals surface area (Å²) in [6, 6.07) is 8.94. The summed E-state index contributed by atoms with van der Waals surface area (Å²) in [7, 11) is 0. The van der Waals surface area contributed by atoms with Gasteiger partial charge < -0.3 is 5.11 Å². The van der Waals surface area contributed by atoms with Gasteiger partial charge in [0.1, 0.15) is 0 Å². The molecule has 0 spiro atoms. The van der Waals surface area contributed by atoms with Crippen LogP contribution in [0.15, 0.2) is 24.3 Å². The van der Waals surface area contributed by atoms with Crippen molar-refractivity contribution < 1.29 is 9.90 Å². The van der Waals surface area contributed by atoms with E-state index >= 15 is 0 Å². The number of hydrogen-bond acceptors (Lipinski definition) is 2. The van der Waals surface area contributed by atoms with Gasteiger partial charge in [0.25, 0.3) is 0 Å². The van der Waals surface area contributed by atoms with Gasteiger partial charge in [-0.1, -0.05) is 31.2 Å². The molecule has 1 unspecified atom stereocenters. The predicted molar refractivity (Wildman–Crippen MR) is 76.2 cm³/mol. The summed E-state index contributed by atoms with van der Waals surface area (Å²) >= 11 is 0. The van der Waals surface area contributed by atoms with E-state index in [1.165, 1.54) is 24.0 Å². The molecule has 0 amide bonds. The molecule has 1 heterocycles. The van der Waals surface area contributed by atoms with Crippen LogP contribution in [-0.4, -0.2) is 29.1 Å². The number of carboxylic acids is 1. The molecule has 19 heavy (non-hydrogen) atoms. The van der Waals surface area contributed by atoms with Crippen molar-refractivity contribution in [3.8, 4) is 0 Å². The summed E-state index contributed by atoms with van der Waals surface area (Å²) in [4.78, 5) is 13.3. The number of hydrogen-bond donors (Lipinski definition) is 1. The van der Waals surface area contributed by atoms with Gasteiger partial charge in [-0.05, 0) is 49.9 Å². The molecule has 1 fully saturated rings. The van der Waals surface area contributed by atoms with Crippen molar-refractivity contribution in [2.45, 2.75) is 45.1 Å². The standard InChI is InChI=1S/C16H23NO2/c1-2-13-5-7-14(8-6-13)15(9-10-16(18)19)17-11-3-4-12-17/h5-8,15H,2-4,9-12H2,1H3,(H,18,19). The fraction of sp³-hybridized carbons (Fsp3) is 0.562. The minimum absolute atomic E-state index is 0.247. The first kappa shape index (κ1) is 14.1. The Morgan fingerprint density at radius 3 is 2.42 bits per heavy atom. The maximum atomic E-state index is 10.8. The van der Waals surface area contributed by atoms with E-state index in [0.29, 0.717) is 6.42 Å². The van der Waals surface area contributed by atoms with Crippen LogP contribution in [0, 0.1) is 0 Å². The molecule has 0 bridgehead atoms. The molecule has 1 saturated heterocycles. The lowest BCUT2D eigenvalue weighted by Crippen LogP contribution is -2.26. The molecule has 3 heteroatoms. The zero-order valence-electron chi connectivity index (χ0n) is 11.6. The van der Waals surface area contributed by atoms with Crippen molar-refractivity contribution in [1.82, 2.24) is 4.90 Å². The minimum Gasteiger partial charge on any atom is -0.481 e. The van der Waals surface area contributed by atoms with Crippen molar-refractivity contribution in [3.63, 3.8) is 0 Å². The highest BCUT2D eigenvalue weighted by atomic mass is 16.4. The first-order valence-electron chi connectivity index (χ1n) is 7.25. The van der Waals surface area contributed by atoms with Crippen molar-refractivity contribution in [3.05, 3.63) is 35.4 Å². The quantitative estimate of drug-likeness (QED) is 0.854. The van der Waals surface area contributed by atoms with Crippen LogP contribution in [-0.2, 0) is 11.2 Å². The van der Waals surface area contributed by atoms with Crippen LogP contribution in [0.3, 0.4) is 0 Å². The van der Waals surface area contributed by atoms with Gasteiger partial charge in [0.2, 0.25) is 0 Å². The van der Waals surface area contributed by atoms with Crippen molar-refractivity contribution in [2.24, 2.45) is 0 Å². The monoisotopic (exact) mass is 261 g/mol. The number of benzene rings is 1. The minimum atomic E-state index is -0.700. The lowest BCUT2D eigenvalue weighted by molar-refractivity contribution is -0.137. The molecule has 1 aromatic rings. The number of carbonyl (C=O) groups is 1. The van der Waals surface area contributed by atoms with Crippen LogP contribution >= 0.6 is 0 Å². The number of rotatable bonds is 6. The van der Waals surface area contributed by atoms with Crippen LogP contribution in [0.1, 0.15) is 49.8 Å². The average molecular weight is 261 g/mol. The van der Waals surface area contributed by atoms with E-state index in [-0.39, 0.29) is 12.5 Å². The van der Waals surface area contributed by atoms with E-state index < -0.39 is 5.97 Å². The van der Waals surface area contributed by atoms with Crippen LogP contribution in [0.4, 0.5) is 0 Å². The highest BCUT2D eigenvalue weighted by molar-refractivity contribution is 5.66. The zero-order chi connectivity index (χ0) is 13.7. The molecule has 1 aromatic carbocycles. The summed E-state index contributed by atoms with van der Waals surface area (Å²) in [6.45, 7) is 4.34. The smallest absolute Gasteiger partial charge is 0.303 e. The molecular weight excluding hydrogens is 238 g/mol. The molecule has 1 aliphatic rings. The topological polar surface area (TPSA) is 40.5 Å². The maximum absolute atomic E-state index is 10.8. The summed E-state index contributed by atoms with van der Waals surface area (Å²) in [5, 5.41) is 8.92. The van der Waals surface area contributed by atoms with E-state index in [2.05, 4.69) is 36.1 Å². The predicted octanol–water partition coefficient (Wildman–Crippen LogP) is 3.25. The Hall–Kier alpha value is -1.35. The van der Waals surface area contributed by atoms with Gasteiger partial charge in [-0.15, -0.1) is 0 Å². The fourth-order valence-electron chi connectivity index (χ4n) is 2.85. The summed E-state index contributed by atoms with van der Waals surface area (Å²) < 4.78 is 0. The fourth-order valence-corrected chi connectivity index (χ4v) is 2.85. The zero-order valence-corrected chi connectivity index (χ0v) is 11.6. The normalized spacial score (nSPS) is 17.5.